The summed E-state index contributed by atoms with van der Waals surface area (Å²) in [4.78, 5) is 0. The second-order valence-corrected chi connectivity index (χ2v) is 4.35. The molecule has 0 saturated heterocycles. The van der Waals surface area contributed by atoms with Gasteiger partial charge in [0.05, 0.1) is 0 Å². The van der Waals surface area contributed by atoms with Crippen LogP contribution in [-0.2, 0) is 0 Å². The summed E-state index contributed by atoms with van der Waals surface area (Å²) in [5.41, 5.74) is 1.42. The highest BCUT2D eigenvalue weighted by Crippen LogP contribution is 2.11. The second-order valence-electron chi connectivity index (χ2n) is 4.35. The van der Waals surface area contributed by atoms with E-state index in [1.54, 1.807) is 0 Å². The van der Waals surface area contributed by atoms with Crippen molar-refractivity contribution in [3.63, 3.8) is 0 Å². The fraction of sp³-hybridized carbons (Fsp3) is 0.818. The first-order chi connectivity index (χ1) is 5.86. The van der Waals surface area contributed by atoms with Crippen molar-refractivity contribution in [1.82, 2.24) is 10.0 Å². The molecule has 0 fully saturated rings. The Morgan fingerprint density at radius 1 is 1.08 bits per heavy atom. The summed E-state index contributed by atoms with van der Waals surface area (Å²) >= 11 is 0. The van der Waals surface area contributed by atoms with Gasteiger partial charge in [-0.05, 0) is 26.7 Å². The van der Waals surface area contributed by atoms with Gasteiger partial charge in [0.2, 0.25) is 0 Å². The van der Waals surface area contributed by atoms with Crippen LogP contribution in [0.2, 0.25) is 0 Å². The van der Waals surface area contributed by atoms with Gasteiger partial charge in [0.25, 0.3) is 0 Å². The minimum absolute atomic E-state index is 0.517. The van der Waals surface area contributed by atoms with Gasteiger partial charge in [-0.1, -0.05) is 19.4 Å². The van der Waals surface area contributed by atoms with Crippen LogP contribution in [0.25, 0.3) is 0 Å². The molecule has 0 aliphatic heterocycles. The maximum absolute atomic E-state index is 2.25. The monoisotopic (exact) mass is 184 g/mol. The van der Waals surface area contributed by atoms with E-state index in [1.165, 1.54) is 5.57 Å². The largest absolute Gasteiger partial charge is 0.311 e. The van der Waals surface area contributed by atoms with Gasteiger partial charge in [-0.15, -0.1) is 0 Å². The number of rotatable bonds is 4. The summed E-state index contributed by atoms with van der Waals surface area (Å²) in [6.07, 6.45) is 2.23. The Hall–Kier alpha value is -0.500. The van der Waals surface area contributed by atoms with Crippen molar-refractivity contribution in [3.05, 3.63) is 11.8 Å². The molecule has 0 atom stereocenters. The molecule has 0 N–H and O–H groups in total. The van der Waals surface area contributed by atoms with Crippen molar-refractivity contribution in [2.45, 2.75) is 40.7 Å². The third kappa shape index (κ3) is 4.32. The van der Waals surface area contributed by atoms with Gasteiger partial charge in [0.1, 0.15) is 0 Å². The van der Waals surface area contributed by atoms with Gasteiger partial charge < -0.3 is 5.01 Å². The van der Waals surface area contributed by atoms with Crippen molar-refractivity contribution < 1.29 is 0 Å². The molecule has 2 heteroatoms. The van der Waals surface area contributed by atoms with Gasteiger partial charge >= 0.3 is 0 Å². The molecule has 0 rings (SSSR count). The van der Waals surface area contributed by atoms with E-state index in [0.717, 1.165) is 0 Å². The van der Waals surface area contributed by atoms with E-state index in [1.807, 2.05) is 0 Å². The number of hydrazine groups is 1. The van der Waals surface area contributed by atoms with Crippen molar-refractivity contribution in [2.24, 2.45) is 5.92 Å². The average Bonchev–Trinajstić information content (AvgIpc) is 1.97. The zero-order valence-corrected chi connectivity index (χ0v) is 10.1. The molecule has 0 aromatic carbocycles. The maximum atomic E-state index is 2.25. The number of nitrogens with zero attached hydrogens (tertiary/aromatic N) is 2. The third-order valence-corrected chi connectivity index (χ3v) is 2.24. The van der Waals surface area contributed by atoms with Crippen molar-refractivity contribution in [1.29, 1.82) is 0 Å². The van der Waals surface area contributed by atoms with Crippen LogP contribution in [0.1, 0.15) is 34.6 Å². The molecule has 0 aliphatic rings. The SMILES string of the molecule is C/C(=C\N(C(C)C)N(C)C)C(C)C. The first-order valence-corrected chi connectivity index (χ1v) is 5.00. The Kier molecular flexibility index (Phi) is 5.07. The number of allylic oxidation sites excluding steroid dienone is 1. The summed E-state index contributed by atoms with van der Waals surface area (Å²) in [5, 5.41) is 4.37. The molecule has 0 aromatic heterocycles. The van der Waals surface area contributed by atoms with E-state index >= 15 is 0 Å². The highest BCUT2D eigenvalue weighted by Gasteiger charge is 2.08. The molecule has 0 spiro atoms. The van der Waals surface area contributed by atoms with Gasteiger partial charge in [-0.2, -0.15) is 0 Å². The molecule has 0 heterocycles. The topological polar surface area (TPSA) is 6.48 Å². The summed E-state index contributed by atoms with van der Waals surface area (Å²) in [7, 11) is 4.15. The standard InChI is InChI=1S/C11H24N2/c1-9(2)11(5)8-13(10(3)4)12(6)7/h8-10H,1-7H3/b11-8+. The Labute approximate surface area is 83.2 Å². The Balaban J connectivity index is 4.50. The Bertz CT molecular complexity index is 161. The zero-order chi connectivity index (χ0) is 10.6. The first-order valence-electron chi connectivity index (χ1n) is 5.00. The number of hydrogen-bond donors (Lipinski definition) is 0. The van der Waals surface area contributed by atoms with Crippen molar-refractivity contribution >= 4 is 0 Å². The van der Waals surface area contributed by atoms with Crippen LogP contribution in [0.3, 0.4) is 0 Å². The van der Waals surface area contributed by atoms with E-state index in [9.17, 15) is 0 Å². The van der Waals surface area contributed by atoms with Crippen LogP contribution in [0.4, 0.5) is 0 Å². The van der Waals surface area contributed by atoms with E-state index in [4.69, 9.17) is 0 Å². The van der Waals surface area contributed by atoms with Crippen molar-refractivity contribution in [2.75, 3.05) is 14.1 Å². The van der Waals surface area contributed by atoms with Crippen LogP contribution in [0, 0.1) is 5.92 Å². The van der Waals surface area contributed by atoms with Crippen molar-refractivity contribution in [3.8, 4) is 0 Å². The van der Waals surface area contributed by atoms with Crippen LogP contribution >= 0.6 is 0 Å². The van der Waals surface area contributed by atoms with Gasteiger partial charge in [0, 0.05) is 26.3 Å². The molecule has 2 nitrogen and oxygen atoms in total. The lowest BCUT2D eigenvalue weighted by molar-refractivity contribution is 0.0484. The molecular weight excluding hydrogens is 160 g/mol. The van der Waals surface area contributed by atoms with E-state index in [2.05, 4.69) is 64.9 Å². The van der Waals surface area contributed by atoms with E-state index in [-0.39, 0.29) is 0 Å². The summed E-state index contributed by atoms with van der Waals surface area (Å²) in [5.74, 6) is 0.626. The Morgan fingerprint density at radius 3 is 1.77 bits per heavy atom. The van der Waals surface area contributed by atoms with Crippen LogP contribution in [-0.4, -0.2) is 30.2 Å². The predicted molar refractivity (Wildman–Crippen MR) is 59.3 cm³/mol. The molecule has 78 valence electrons. The van der Waals surface area contributed by atoms with Crippen LogP contribution in [0.5, 0.6) is 0 Å². The number of hydrogen-bond acceptors (Lipinski definition) is 2. The van der Waals surface area contributed by atoms with Crippen LogP contribution < -0.4 is 0 Å². The minimum Gasteiger partial charge on any atom is -0.311 e. The molecule has 0 radical (unpaired) electrons. The highest BCUT2D eigenvalue weighted by molar-refractivity contribution is 5.00. The lowest BCUT2D eigenvalue weighted by Gasteiger charge is -2.32. The molecule has 0 bridgehead atoms. The Morgan fingerprint density at radius 2 is 1.54 bits per heavy atom. The average molecular weight is 184 g/mol. The van der Waals surface area contributed by atoms with Gasteiger partial charge in [0.15, 0.2) is 0 Å². The molecule has 13 heavy (non-hydrogen) atoms. The summed E-state index contributed by atoms with van der Waals surface area (Å²) in [6.45, 7) is 11.0. The quantitative estimate of drug-likeness (QED) is 0.620. The van der Waals surface area contributed by atoms with Gasteiger partial charge in [-0.25, -0.2) is 5.01 Å². The normalized spacial score (nSPS) is 13.2. The van der Waals surface area contributed by atoms with E-state index in [0.29, 0.717) is 12.0 Å². The highest BCUT2D eigenvalue weighted by atomic mass is 15.6. The fourth-order valence-corrected chi connectivity index (χ4v) is 1.08. The van der Waals surface area contributed by atoms with Gasteiger partial charge in [-0.3, -0.25) is 0 Å². The first kappa shape index (κ1) is 12.5. The molecule has 0 aromatic rings. The molecule has 0 aliphatic carbocycles. The molecule has 0 amide bonds. The smallest absolute Gasteiger partial charge is 0.0394 e. The molecule has 0 unspecified atom stereocenters. The lowest BCUT2D eigenvalue weighted by Crippen LogP contribution is -2.38. The summed E-state index contributed by atoms with van der Waals surface area (Å²) < 4.78 is 0. The molecular formula is C11H24N2. The lowest BCUT2D eigenvalue weighted by atomic mass is 10.1. The predicted octanol–water partition coefficient (Wildman–Crippen LogP) is 2.73. The van der Waals surface area contributed by atoms with E-state index < -0.39 is 0 Å². The maximum Gasteiger partial charge on any atom is 0.0394 e. The second kappa shape index (κ2) is 5.28. The fourth-order valence-electron chi connectivity index (χ4n) is 1.08. The minimum atomic E-state index is 0.517. The molecule has 0 saturated carbocycles. The van der Waals surface area contributed by atoms with Crippen LogP contribution in [0.15, 0.2) is 11.8 Å². The zero-order valence-electron chi connectivity index (χ0n) is 10.1. The summed E-state index contributed by atoms with van der Waals surface area (Å²) in [6, 6.07) is 0.517. The third-order valence-electron chi connectivity index (χ3n) is 2.24.